The van der Waals surface area contributed by atoms with E-state index in [1.165, 1.54) is 18.5 Å². The Morgan fingerprint density at radius 2 is 2.05 bits per heavy atom. The van der Waals surface area contributed by atoms with Gasteiger partial charge in [0.2, 0.25) is 5.88 Å². The van der Waals surface area contributed by atoms with Gasteiger partial charge in [-0.25, -0.2) is 4.98 Å². The smallest absolute Gasteiger partial charge is 0.213 e. The van der Waals surface area contributed by atoms with Gasteiger partial charge in [-0.3, -0.25) is 0 Å². The number of nitrogens with zero attached hydrogens (tertiary/aromatic N) is 1. The molecule has 0 unspecified atom stereocenters. The average molecular weight is 257 g/mol. The van der Waals surface area contributed by atoms with E-state index in [-0.39, 0.29) is 0 Å². The van der Waals surface area contributed by atoms with Crippen LogP contribution in [-0.2, 0) is 0 Å². The number of nitrogens with one attached hydrogen (secondary N) is 2. The summed E-state index contributed by atoms with van der Waals surface area (Å²) in [6.45, 7) is 2.20. The average Bonchev–Trinajstić information content (AvgIpc) is 2.48. The van der Waals surface area contributed by atoms with Crippen molar-refractivity contribution in [3.63, 3.8) is 0 Å². The molecule has 4 nitrogen and oxygen atoms in total. The maximum atomic E-state index is 5.14. The zero-order valence-corrected chi connectivity index (χ0v) is 11.1. The van der Waals surface area contributed by atoms with Crippen LogP contribution in [0.5, 0.6) is 5.88 Å². The largest absolute Gasteiger partial charge is 0.481 e. The van der Waals surface area contributed by atoms with Gasteiger partial charge in [-0.1, -0.05) is 0 Å². The quantitative estimate of drug-likeness (QED) is 0.886. The second-order valence-electron chi connectivity index (χ2n) is 4.93. The number of piperidine rings is 1. The van der Waals surface area contributed by atoms with Crippen LogP contribution in [0.1, 0.15) is 12.8 Å². The monoisotopic (exact) mass is 257 g/mol. The molecule has 2 N–H and O–H groups in total. The van der Waals surface area contributed by atoms with Crippen molar-refractivity contribution >= 4 is 16.6 Å². The summed E-state index contributed by atoms with van der Waals surface area (Å²) in [5, 5.41) is 8.12. The molecule has 0 saturated carbocycles. The molecule has 2 aromatic rings. The summed E-state index contributed by atoms with van der Waals surface area (Å²) in [6.07, 6.45) is 2.36. The van der Waals surface area contributed by atoms with E-state index in [2.05, 4.69) is 33.8 Å². The lowest BCUT2D eigenvalue weighted by Gasteiger charge is -2.24. The van der Waals surface area contributed by atoms with Crippen molar-refractivity contribution in [2.75, 3.05) is 25.5 Å². The van der Waals surface area contributed by atoms with Gasteiger partial charge < -0.3 is 15.4 Å². The minimum absolute atomic E-state index is 0.574. The van der Waals surface area contributed by atoms with Crippen LogP contribution in [0, 0.1) is 0 Å². The van der Waals surface area contributed by atoms with E-state index in [1.807, 2.05) is 12.1 Å². The molecule has 0 bridgehead atoms. The summed E-state index contributed by atoms with van der Waals surface area (Å²) in [5.74, 6) is 0.659. The van der Waals surface area contributed by atoms with Crippen LogP contribution in [0.3, 0.4) is 0 Å². The van der Waals surface area contributed by atoms with Crippen LogP contribution in [0.15, 0.2) is 30.3 Å². The van der Waals surface area contributed by atoms with Gasteiger partial charge >= 0.3 is 0 Å². The fourth-order valence-corrected chi connectivity index (χ4v) is 2.51. The van der Waals surface area contributed by atoms with E-state index < -0.39 is 0 Å². The molecule has 1 aromatic carbocycles. The Balaban J connectivity index is 1.80. The SMILES string of the molecule is COc1ccc2cc(NC3CCNCC3)ccc2n1. The second-order valence-corrected chi connectivity index (χ2v) is 4.93. The van der Waals surface area contributed by atoms with Crippen molar-refractivity contribution in [2.24, 2.45) is 0 Å². The minimum atomic E-state index is 0.574. The van der Waals surface area contributed by atoms with Gasteiger partial charge in [0.05, 0.1) is 12.6 Å². The molecule has 0 atom stereocenters. The molecule has 2 heterocycles. The highest BCUT2D eigenvalue weighted by Gasteiger charge is 2.12. The summed E-state index contributed by atoms with van der Waals surface area (Å²) < 4.78 is 5.14. The van der Waals surface area contributed by atoms with E-state index in [1.54, 1.807) is 7.11 Å². The van der Waals surface area contributed by atoms with Gasteiger partial charge in [0.1, 0.15) is 0 Å². The van der Waals surface area contributed by atoms with Gasteiger partial charge in [-0.15, -0.1) is 0 Å². The van der Waals surface area contributed by atoms with Crippen molar-refractivity contribution in [2.45, 2.75) is 18.9 Å². The van der Waals surface area contributed by atoms with E-state index in [0.717, 1.165) is 24.0 Å². The third-order valence-electron chi connectivity index (χ3n) is 3.58. The maximum absolute atomic E-state index is 5.14. The maximum Gasteiger partial charge on any atom is 0.213 e. The Hall–Kier alpha value is -1.81. The Morgan fingerprint density at radius 3 is 2.84 bits per heavy atom. The number of ether oxygens (including phenoxy) is 1. The van der Waals surface area contributed by atoms with E-state index in [4.69, 9.17) is 4.74 Å². The van der Waals surface area contributed by atoms with E-state index in [9.17, 15) is 0 Å². The van der Waals surface area contributed by atoms with Crippen LogP contribution >= 0.6 is 0 Å². The van der Waals surface area contributed by atoms with E-state index >= 15 is 0 Å². The first-order chi connectivity index (χ1) is 9.35. The third-order valence-corrected chi connectivity index (χ3v) is 3.58. The molecule has 100 valence electrons. The molecular weight excluding hydrogens is 238 g/mol. The summed E-state index contributed by atoms with van der Waals surface area (Å²) in [5.41, 5.74) is 2.14. The van der Waals surface area contributed by atoms with Crippen molar-refractivity contribution in [3.8, 4) is 5.88 Å². The van der Waals surface area contributed by atoms with Crippen LogP contribution in [0.2, 0.25) is 0 Å². The predicted octanol–water partition coefficient (Wildman–Crippen LogP) is 2.41. The number of anilines is 1. The molecule has 0 aliphatic carbocycles. The number of methoxy groups -OCH3 is 1. The number of aromatic nitrogens is 1. The van der Waals surface area contributed by atoms with Crippen LogP contribution in [-0.4, -0.2) is 31.2 Å². The Labute approximate surface area is 113 Å². The van der Waals surface area contributed by atoms with Gasteiger partial charge in [0, 0.05) is 23.2 Å². The lowest BCUT2D eigenvalue weighted by atomic mass is 10.1. The first-order valence-corrected chi connectivity index (χ1v) is 6.77. The fourth-order valence-electron chi connectivity index (χ4n) is 2.51. The predicted molar refractivity (Wildman–Crippen MR) is 77.8 cm³/mol. The molecule has 4 heteroatoms. The van der Waals surface area contributed by atoms with Crippen molar-refractivity contribution < 1.29 is 4.74 Å². The lowest BCUT2D eigenvalue weighted by molar-refractivity contribution is 0.399. The van der Waals surface area contributed by atoms with Crippen LogP contribution in [0.4, 0.5) is 5.69 Å². The normalized spacial score (nSPS) is 16.5. The molecule has 1 fully saturated rings. The highest BCUT2D eigenvalue weighted by molar-refractivity contribution is 5.82. The summed E-state index contributed by atoms with van der Waals surface area (Å²) in [6, 6.07) is 10.8. The first kappa shape index (κ1) is 12.2. The zero-order valence-electron chi connectivity index (χ0n) is 11.1. The highest BCUT2D eigenvalue weighted by Crippen LogP contribution is 2.22. The van der Waals surface area contributed by atoms with E-state index in [0.29, 0.717) is 11.9 Å². The molecule has 1 aliphatic heterocycles. The molecule has 3 rings (SSSR count). The number of pyridine rings is 1. The molecule has 19 heavy (non-hydrogen) atoms. The number of benzene rings is 1. The molecule has 0 spiro atoms. The number of hydrogen-bond acceptors (Lipinski definition) is 4. The Kier molecular flexibility index (Phi) is 3.51. The lowest BCUT2D eigenvalue weighted by Crippen LogP contribution is -2.35. The van der Waals surface area contributed by atoms with Gasteiger partial charge in [0.25, 0.3) is 0 Å². The van der Waals surface area contributed by atoms with Gasteiger partial charge in [-0.2, -0.15) is 0 Å². The summed E-state index contributed by atoms with van der Waals surface area (Å²) in [7, 11) is 1.64. The number of rotatable bonds is 3. The standard InChI is InChI=1S/C15H19N3O/c1-19-15-5-2-11-10-13(3-4-14(11)18-15)17-12-6-8-16-9-7-12/h2-5,10,12,16-17H,6-9H2,1H3. The molecule has 1 saturated heterocycles. The second kappa shape index (κ2) is 5.45. The molecule has 1 aliphatic rings. The number of fused-ring (bicyclic) bond motifs is 1. The number of hydrogen-bond donors (Lipinski definition) is 2. The highest BCUT2D eigenvalue weighted by atomic mass is 16.5. The molecular formula is C15H19N3O. The topological polar surface area (TPSA) is 46.2 Å². The Bertz CT molecular complexity index is 564. The van der Waals surface area contributed by atoms with Gasteiger partial charge in [0.15, 0.2) is 0 Å². The first-order valence-electron chi connectivity index (χ1n) is 6.77. The summed E-state index contributed by atoms with van der Waals surface area (Å²) in [4.78, 5) is 4.42. The summed E-state index contributed by atoms with van der Waals surface area (Å²) >= 11 is 0. The third kappa shape index (κ3) is 2.79. The molecule has 0 amide bonds. The molecule has 1 aromatic heterocycles. The van der Waals surface area contributed by atoms with Crippen LogP contribution < -0.4 is 15.4 Å². The molecule has 0 radical (unpaired) electrons. The van der Waals surface area contributed by atoms with Crippen molar-refractivity contribution in [1.29, 1.82) is 0 Å². The van der Waals surface area contributed by atoms with Crippen molar-refractivity contribution in [1.82, 2.24) is 10.3 Å². The fraction of sp³-hybridized carbons (Fsp3) is 0.400. The van der Waals surface area contributed by atoms with Crippen molar-refractivity contribution in [3.05, 3.63) is 30.3 Å². The van der Waals surface area contributed by atoms with Crippen LogP contribution in [0.25, 0.3) is 10.9 Å². The van der Waals surface area contributed by atoms with Gasteiger partial charge in [-0.05, 0) is 50.2 Å². The minimum Gasteiger partial charge on any atom is -0.481 e. The zero-order chi connectivity index (χ0) is 13.1. The Morgan fingerprint density at radius 1 is 1.21 bits per heavy atom.